The fourth-order valence-corrected chi connectivity index (χ4v) is 1.70. The molecular weight excluding hydrogens is 284 g/mol. The van der Waals surface area contributed by atoms with Crippen LogP contribution in [0.1, 0.15) is 38.1 Å². The second kappa shape index (κ2) is 6.93. The van der Waals surface area contributed by atoms with Crippen molar-refractivity contribution in [2.24, 2.45) is 5.73 Å². The number of rotatable bonds is 4. The van der Waals surface area contributed by atoms with Crippen molar-refractivity contribution >= 4 is 23.5 Å². The second-order valence-corrected chi connectivity index (χ2v) is 6.00. The quantitative estimate of drug-likeness (QED) is 0.670. The highest BCUT2D eigenvalue weighted by molar-refractivity contribution is 5.99. The first kappa shape index (κ1) is 17.5. The molecule has 1 rings (SSSR count). The molecule has 4 amide bonds. The van der Waals surface area contributed by atoms with Gasteiger partial charge in [0.05, 0.1) is 0 Å². The van der Waals surface area contributed by atoms with Gasteiger partial charge in [-0.3, -0.25) is 9.59 Å². The predicted octanol–water partition coefficient (Wildman–Crippen LogP) is 1.21. The van der Waals surface area contributed by atoms with Crippen LogP contribution in [0.25, 0.3) is 0 Å². The van der Waals surface area contributed by atoms with E-state index in [1.807, 2.05) is 20.8 Å². The van der Waals surface area contributed by atoms with Gasteiger partial charge in [-0.1, -0.05) is 6.07 Å². The van der Waals surface area contributed by atoms with Gasteiger partial charge >= 0.3 is 6.03 Å². The van der Waals surface area contributed by atoms with Crippen molar-refractivity contribution in [2.45, 2.75) is 39.3 Å². The van der Waals surface area contributed by atoms with Gasteiger partial charge in [-0.15, -0.1) is 0 Å². The lowest BCUT2D eigenvalue weighted by molar-refractivity contribution is -0.124. The Balaban J connectivity index is 2.72. The third-order valence-corrected chi connectivity index (χ3v) is 2.63. The first-order chi connectivity index (χ1) is 10.1. The summed E-state index contributed by atoms with van der Waals surface area (Å²) in [6, 6.07) is 4.89. The number of nitrogens with two attached hydrogens (primary N) is 1. The third kappa shape index (κ3) is 5.82. The van der Waals surface area contributed by atoms with Crippen LogP contribution in [0.3, 0.4) is 0 Å². The summed E-state index contributed by atoms with van der Waals surface area (Å²) in [6.45, 7) is 7.18. The Kier molecular flexibility index (Phi) is 5.50. The van der Waals surface area contributed by atoms with Gasteiger partial charge in [-0.05, 0) is 45.9 Å². The maximum absolute atomic E-state index is 12.1. The molecule has 1 atom stereocenters. The lowest BCUT2D eigenvalue weighted by Gasteiger charge is -2.23. The van der Waals surface area contributed by atoms with Crippen LogP contribution in [0.15, 0.2) is 24.3 Å². The fraction of sp³-hybridized carbons (Fsp3) is 0.400. The molecule has 5 N–H and O–H groups in total. The summed E-state index contributed by atoms with van der Waals surface area (Å²) >= 11 is 0. The lowest BCUT2D eigenvalue weighted by atomic mass is 10.1. The molecule has 7 heteroatoms. The number of hydrogen-bond donors (Lipinski definition) is 4. The standard InChI is InChI=1S/C15H22N4O3/c1-9(12(20)19-15(2,3)4)17-13(21)10-6-5-7-11(8-10)18-14(16)22/h5-9H,1-4H3,(H,17,21)(H,19,20)(H3,16,18,22). The zero-order valence-corrected chi connectivity index (χ0v) is 13.2. The Labute approximate surface area is 129 Å². The van der Waals surface area contributed by atoms with E-state index >= 15 is 0 Å². The van der Waals surface area contributed by atoms with Gasteiger partial charge in [-0.2, -0.15) is 0 Å². The van der Waals surface area contributed by atoms with Gasteiger partial charge in [0.2, 0.25) is 5.91 Å². The SMILES string of the molecule is CC(NC(=O)c1cccc(NC(N)=O)c1)C(=O)NC(C)(C)C. The highest BCUT2D eigenvalue weighted by atomic mass is 16.2. The number of carbonyl (C=O) groups excluding carboxylic acids is 3. The molecule has 0 heterocycles. The van der Waals surface area contributed by atoms with Gasteiger partial charge in [0, 0.05) is 16.8 Å². The summed E-state index contributed by atoms with van der Waals surface area (Å²) < 4.78 is 0. The van der Waals surface area contributed by atoms with E-state index in [9.17, 15) is 14.4 Å². The van der Waals surface area contributed by atoms with Crippen LogP contribution in [0.4, 0.5) is 10.5 Å². The van der Waals surface area contributed by atoms with E-state index in [0.717, 1.165) is 0 Å². The average Bonchev–Trinajstić information content (AvgIpc) is 2.36. The normalized spacial score (nSPS) is 12.2. The maximum atomic E-state index is 12.1. The van der Waals surface area contributed by atoms with E-state index < -0.39 is 18.0 Å². The number of benzene rings is 1. The summed E-state index contributed by atoms with van der Waals surface area (Å²) in [6.07, 6.45) is 0. The van der Waals surface area contributed by atoms with Crippen LogP contribution in [-0.2, 0) is 4.79 Å². The van der Waals surface area contributed by atoms with E-state index in [1.54, 1.807) is 25.1 Å². The lowest BCUT2D eigenvalue weighted by Crippen LogP contribution is -2.50. The molecule has 0 aliphatic rings. The Morgan fingerprint density at radius 1 is 1.18 bits per heavy atom. The molecule has 1 unspecified atom stereocenters. The zero-order valence-electron chi connectivity index (χ0n) is 13.2. The smallest absolute Gasteiger partial charge is 0.316 e. The monoisotopic (exact) mass is 306 g/mol. The van der Waals surface area contributed by atoms with Crippen LogP contribution >= 0.6 is 0 Å². The predicted molar refractivity (Wildman–Crippen MR) is 84.5 cm³/mol. The molecule has 0 fully saturated rings. The first-order valence-electron chi connectivity index (χ1n) is 6.88. The van der Waals surface area contributed by atoms with E-state index in [2.05, 4.69) is 16.0 Å². The highest BCUT2D eigenvalue weighted by Crippen LogP contribution is 2.10. The molecule has 0 aromatic heterocycles. The van der Waals surface area contributed by atoms with Crippen molar-refractivity contribution in [1.29, 1.82) is 0 Å². The van der Waals surface area contributed by atoms with Crippen molar-refractivity contribution < 1.29 is 14.4 Å². The number of anilines is 1. The van der Waals surface area contributed by atoms with Gasteiger partial charge < -0.3 is 21.7 Å². The largest absolute Gasteiger partial charge is 0.351 e. The highest BCUT2D eigenvalue weighted by Gasteiger charge is 2.21. The third-order valence-electron chi connectivity index (χ3n) is 2.63. The topological polar surface area (TPSA) is 113 Å². The van der Waals surface area contributed by atoms with Crippen LogP contribution < -0.4 is 21.7 Å². The molecule has 120 valence electrons. The van der Waals surface area contributed by atoms with Crippen molar-refractivity contribution in [2.75, 3.05) is 5.32 Å². The minimum atomic E-state index is -0.713. The fourth-order valence-electron chi connectivity index (χ4n) is 1.70. The molecule has 1 aromatic carbocycles. The summed E-state index contributed by atoms with van der Waals surface area (Å²) in [7, 11) is 0. The number of amides is 4. The Morgan fingerprint density at radius 3 is 2.36 bits per heavy atom. The molecule has 0 aliphatic carbocycles. The molecule has 0 saturated heterocycles. The molecule has 0 bridgehead atoms. The average molecular weight is 306 g/mol. The molecule has 0 radical (unpaired) electrons. The summed E-state index contributed by atoms with van der Waals surface area (Å²) in [5.41, 5.74) is 5.38. The van der Waals surface area contributed by atoms with Gasteiger partial charge in [0.15, 0.2) is 0 Å². The number of urea groups is 1. The van der Waals surface area contributed by atoms with Gasteiger partial charge in [-0.25, -0.2) is 4.79 Å². The van der Waals surface area contributed by atoms with Crippen molar-refractivity contribution in [1.82, 2.24) is 10.6 Å². The number of nitrogens with one attached hydrogen (secondary N) is 3. The Bertz CT molecular complexity index is 578. The van der Waals surface area contributed by atoms with Gasteiger partial charge in [0.1, 0.15) is 6.04 Å². The zero-order chi connectivity index (χ0) is 16.9. The van der Waals surface area contributed by atoms with E-state index in [1.165, 1.54) is 6.07 Å². The van der Waals surface area contributed by atoms with Gasteiger partial charge in [0.25, 0.3) is 5.91 Å². The van der Waals surface area contributed by atoms with Crippen LogP contribution in [-0.4, -0.2) is 29.4 Å². The van der Waals surface area contributed by atoms with E-state index in [-0.39, 0.29) is 11.4 Å². The number of primary amides is 1. The molecule has 0 spiro atoms. The molecule has 7 nitrogen and oxygen atoms in total. The molecule has 0 aliphatic heterocycles. The van der Waals surface area contributed by atoms with Crippen LogP contribution in [0.2, 0.25) is 0 Å². The molecule has 1 aromatic rings. The van der Waals surface area contributed by atoms with Crippen molar-refractivity contribution in [3.8, 4) is 0 Å². The van der Waals surface area contributed by atoms with Crippen molar-refractivity contribution in [3.63, 3.8) is 0 Å². The number of carbonyl (C=O) groups is 3. The Hall–Kier alpha value is -2.57. The van der Waals surface area contributed by atoms with E-state index in [0.29, 0.717) is 11.3 Å². The number of hydrogen-bond acceptors (Lipinski definition) is 3. The minimum Gasteiger partial charge on any atom is -0.351 e. The van der Waals surface area contributed by atoms with Crippen LogP contribution in [0, 0.1) is 0 Å². The molecule has 0 saturated carbocycles. The first-order valence-corrected chi connectivity index (χ1v) is 6.88. The molecular formula is C15H22N4O3. The molecule has 22 heavy (non-hydrogen) atoms. The maximum Gasteiger partial charge on any atom is 0.316 e. The second-order valence-electron chi connectivity index (χ2n) is 6.00. The minimum absolute atomic E-state index is 0.271. The summed E-state index contributed by atoms with van der Waals surface area (Å²) in [5, 5.41) is 7.78. The summed E-state index contributed by atoms with van der Waals surface area (Å²) in [4.78, 5) is 34.9. The Morgan fingerprint density at radius 2 is 1.82 bits per heavy atom. The van der Waals surface area contributed by atoms with Crippen LogP contribution in [0.5, 0.6) is 0 Å². The van der Waals surface area contributed by atoms with E-state index in [4.69, 9.17) is 5.73 Å². The summed E-state index contributed by atoms with van der Waals surface area (Å²) in [5.74, 6) is -0.683. The van der Waals surface area contributed by atoms with Crippen molar-refractivity contribution in [3.05, 3.63) is 29.8 Å².